The van der Waals surface area contributed by atoms with Crippen LogP contribution in [0.5, 0.6) is 11.5 Å². The number of aromatic nitrogens is 2. The van der Waals surface area contributed by atoms with Crippen LogP contribution in [0, 0.1) is 0 Å². The monoisotopic (exact) mass is 393 g/mol. The average Bonchev–Trinajstić information content (AvgIpc) is 3.15. The van der Waals surface area contributed by atoms with E-state index >= 15 is 0 Å². The molecule has 1 N–H and O–H groups in total. The van der Waals surface area contributed by atoms with E-state index < -0.39 is 0 Å². The van der Waals surface area contributed by atoms with Crippen LogP contribution in [0.2, 0.25) is 0 Å². The summed E-state index contributed by atoms with van der Waals surface area (Å²) in [5.74, 6) is 1.49. The van der Waals surface area contributed by atoms with Gasteiger partial charge in [-0.15, -0.1) is 0 Å². The molecule has 7 nitrogen and oxygen atoms in total. The van der Waals surface area contributed by atoms with E-state index in [1.165, 1.54) is 0 Å². The van der Waals surface area contributed by atoms with Gasteiger partial charge in [-0.25, -0.2) is 4.98 Å². The molecule has 29 heavy (non-hydrogen) atoms. The highest BCUT2D eigenvalue weighted by molar-refractivity contribution is 6.07. The molecular weight excluding hydrogens is 370 g/mol. The van der Waals surface area contributed by atoms with Crippen molar-refractivity contribution < 1.29 is 19.1 Å². The van der Waals surface area contributed by atoms with Gasteiger partial charge >= 0.3 is 0 Å². The van der Waals surface area contributed by atoms with Crippen LogP contribution in [-0.4, -0.2) is 34.5 Å². The van der Waals surface area contributed by atoms with Crippen LogP contribution in [-0.2, 0) is 11.8 Å². The number of rotatable bonds is 9. The second-order valence-corrected chi connectivity index (χ2v) is 6.32. The molecule has 0 unspecified atom stereocenters. The van der Waals surface area contributed by atoms with Crippen molar-refractivity contribution >= 4 is 17.4 Å². The van der Waals surface area contributed by atoms with Crippen LogP contribution in [0.1, 0.15) is 29.5 Å². The molecule has 0 radical (unpaired) electrons. The van der Waals surface area contributed by atoms with Crippen molar-refractivity contribution in [2.45, 2.75) is 13.3 Å². The summed E-state index contributed by atoms with van der Waals surface area (Å²) in [5, 5.41) is 2.80. The Morgan fingerprint density at radius 2 is 1.66 bits per heavy atom. The molecule has 150 valence electrons. The Hall–Kier alpha value is -3.61. The first-order chi connectivity index (χ1) is 14.1. The lowest BCUT2D eigenvalue weighted by Crippen LogP contribution is -2.15. The average molecular weight is 393 g/mol. The topological polar surface area (TPSA) is 82.4 Å². The minimum Gasteiger partial charge on any atom is -0.494 e. The van der Waals surface area contributed by atoms with E-state index in [1.807, 2.05) is 19.1 Å². The number of amides is 1. The lowest BCUT2D eigenvalue weighted by Gasteiger charge is -2.09. The normalized spacial score (nSPS) is 10.4. The fourth-order valence-electron chi connectivity index (χ4n) is 2.70. The van der Waals surface area contributed by atoms with Gasteiger partial charge in [-0.3, -0.25) is 9.59 Å². The van der Waals surface area contributed by atoms with E-state index in [4.69, 9.17) is 9.47 Å². The van der Waals surface area contributed by atoms with E-state index in [1.54, 1.807) is 60.4 Å². The van der Waals surface area contributed by atoms with E-state index in [2.05, 4.69) is 10.3 Å². The molecule has 1 heterocycles. The molecule has 7 heteroatoms. The Morgan fingerprint density at radius 3 is 2.24 bits per heavy atom. The van der Waals surface area contributed by atoms with E-state index in [0.717, 1.165) is 5.75 Å². The number of nitrogens with one attached hydrogen (secondary N) is 1. The molecule has 2 aromatic carbocycles. The molecular formula is C22H23N3O4. The van der Waals surface area contributed by atoms with Crippen molar-refractivity contribution in [1.29, 1.82) is 0 Å². The van der Waals surface area contributed by atoms with Gasteiger partial charge in [0.25, 0.3) is 0 Å². The van der Waals surface area contributed by atoms with Crippen molar-refractivity contribution in [3.05, 3.63) is 72.3 Å². The van der Waals surface area contributed by atoms with Gasteiger partial charge in [-0.05, 0) is 55.5 Å². The summed E-state index contributed by atoms with van der Waals surface area (Å²) in [5.41, 5.74) is 1.13. The van der Waals surface area contributed by atoms with Gasteiger partial charge in [0.1, 0.15) is 11.5 Å². The molecule has 0 atom stereocenters. The largest absolute Gasteiger partial charge is 0.494 e. The smallest absolute Gasteiger partial charge is 0.228 e. The molecule has 3 aromatic rings. The van der Waals surface area contributed by atoms with Crippen LogP contribution in [0.25, 0.3) is 0 Å². The molecule has 0 aliphatic rings. The van der Waals surface area contributed by atoms with Crippen molar-refractivity contribution in [2.75, 3.05) is 18.5 Å². The lowest BCUT2D eigenvalue weighted by molar-refractivity contribution is -0.116. The van der Waals surface area contributed by atoms with Gasteiger partial charge in [0.15, 0.2) is 5.82 Å². The first-order valence-corrected chi connectivity index (χ1v) is 9.34. The number of hydrogen-bond acceptors (Lipinski definition) is 5. The quantitative estimate of drug-likeness (QED) is 0.563. The predicted octanol–water partition coefficient (Wildman–Crippen LogP) is 3.46. The molecule has 0 fully saturated rings. The number of ketones is 1. The zero-order chi connectivity index (χ0) is 20.6. The van der Waals surface area contributed by atoms with E-state index in [9.17, 15) is 9.59 Å². The minimum absolute atomic E-state index is 0.167. The number of carbonyl (C=O) groups is 2. The molecule has 0 aliphatic carbocycles. The van der Waals surface area contributed by atoms with E-state index in [-0.39, 0.29) is 24.7 Å². The molecule has 0 saturated carbocycles. The second kappa shape index (κ2) is 9.54. The third kappa shape index (κ3) is 5.44. The maximum atomic E-state index is 12.4. The fraction of sp³-hybridized carbons (Fsp3) is 0.227. The summed E-state index contributed by atoms with van der Waals surface area (Å²) >= 11 is 0. The summed E-state index contributed by atoms with van der Waals surface area (Å²) < 4.78 is 12.6. The van der Waals surface area contributed by atoms with Crippen molar-refractivity contribution in [3.8, 4) is 11.5 Å². The van der Waals surface area contributed by atoms with Crippen molar-refractivity contribution in [1.82, 2.24) is 9.55 Å². The van der Waals surface area contributed by atoms with Gasteiger partial charge in [0, 0.05) is 30.7 Å². The maximum absolute atomic E-state index is 12.4. The van der Waals surface area contributed by atoms with Gasteiger partial charge < -0.3 is 19.4 Å². The van der Waals surface area contributed by atoms with Crippen LogP contribution in [0.4, 0.5) is 5.69 Å². The van der Waals surface area contributed by atoms with E-state index in [0.29, 0.717) is 29.4 Å². The Kier molecular flexibility index (Phi) is 6.63. The predicted molar refractivity (Wildman–Crippen MR) is 109 cm³/mol. The van der Waals surface area contributed by atoms with Crippen LogP contribution in [0.3, 0.4) is 0 Å². The highest BCUT2D eigenvalue weighted by atomic mass is 16.5. The number of benzene rings is 2. The van der Waals surface area contributed by atoms with Crippen LogP contribution >= 0.6 is 0 Å². The molecule has 1 amide bonds. The standard InChI is InChI=1S/C22H23N3O4/c1-3-28-18-8-10-19(11-9-18)29-15-12-20(26)24-17-6-4-16(5-7-17)21(27)22-23-13-14-25(22)2/h4-11,13-14H,3,12,15H2,1-2H3,(H,24,26). The number of anilines is 1. The zero-order valence-corrected chi connectivity index (χ0v) is 16.4. The summed E-state index contributed by atoms with van der Waals surface area (Å²) in [4.78, 5) is 28.6. The molecule has 0 saturated heterocycles. The molecule has 0 aliphatic heterocycles. The first-order valence-electron chi connectivity index (χ1n) is 9.34. The molecule has 0 bridgehead atoms. The lowest BCUT2D eigenvalue weighted by atomic mass is 10.1. The fourth-order valence-corrected chi connectivity index (χ4v) is 2.70. The van der Waals surface area contributed by atoms with Crippen molar-refractivity contribution in [2.24, 2.45) is 7.05 Å². The molecule has 1 aromatic heterocycles. The molecule has 0 spiro atoms. The van der Waals surface area contributed by atoms with Gasteiger partial charge in [0.2, 0.25) is 11.7 Å². The third-order valence-electron chi connectivity index (χ3n) is 4.19. The SMILES string of the molecule is CCOc1ccc(OCCC(=O)Nc2ccc(C(=O)c3nccn3C)cc2)cc1. The zero-order valence-electron chi connectivity index (χ0n) is 16.4. The Bertz CT molecular complexity index is 962. The Balaban J connectivity index is 1.47. The van der Waals surface area contributed by atoms with Gasteiger partial charge in [-0.1, -0.05) is 0 Å². The van der Waals surface area contributed by atoms with Crippen LogP contribution in [0.15, 0.2) is 60.9 Å². The highest BCUT2D eigenvalue weighted by Gasteiger charge is 2.13. The Labute approximate surface area is 169 Å². The third-order valence-corrected chi connectivity index (χ3v) is 4.19. The number of ether oxygens (including phenoxy) is 2. The van der Waals surface area contributed by atoms with Gasteiger partial charge in [0.05, 0.1) is 19.6 Å². The summed E-state index contributed by atoms with van der Waals surface area (Å²) in [7, 11) is 1.77. The molecule has 3 rings (SSSR count). The summed E-state index contributed by atoms with van der Waals surface area (Å²) in [6.07, 6.45) is 3.51. The Morgan fingerprint density at radius 1 is 1.00 bits per heavy atom. The highest BCUT2D eigenvalue weighted by Crippen LogP contribution is 2.18. The van der Waals surface area contributed by atoms with Crippen molar-refractivity contribution in [3.63, 3.8) is 0 Å². The second-order valence-electron chi connectivity index (χ2n) is 6.32. The minimum atomic E-state index is -0.167. The number of carbonyl (C=O) groups excluding carboxylic acids is 2. The number of hydrogen-bond donors (Lipinski definition) is 1. The van der Waals surface area contributed by atoms with Gasteiger partial charge in [-0.2, -0.15) is 0 Å². The number of imidazole rings is 1. The maximum Gasteiger partial charge on any atom is 0.228 e. The first kappa shape index (κ1) is 20.1. The summed E-state index contributed by atoms with van der Waals surface area (Å²) in [6.45, 7) is 2.79. The van der Waals surface area contributed by atoms with Crippen LogP contribution < -0.4 is 14.8 Å². The number of nitrogens with zero attached hydrogens (tertiary/aromatic N) is 2. The summed E-state index contributed by atoms with van der Waals surface area (Å²) in [6, 6.07) is 14.0. The number of aryl methyl sites for hydroxylation is 1.